The van der Waals surface area contributed by atoms with Crippen LogP contribution >= 0.6 is 0 Å². The number of alkyl halides is 2. The van der Waals surface area contributed by atoms with Crippen molar-refractivity contribution in [2.75, 3.05) is 37.9 Å². The van der Waals surface area contributed by atoms with Crippen LogP contribution in [-0.2, 0) is 10.7 Å². The summed E-state index contributed by atoms with van der Waals surface area (Å²) in [5.74, 6) is -2.38. The zero-order valence-electron chi connectivity index (χ0n) is 15.7. The summed E-state index contributed by atoms with van der Waals surface area (Å²) in [5.41, 5.74) is 0.107. The molecular weight excluding hydrogens is 356 g/mol. The minimum atomic E-state index is -3.05. The van der Waals surface area contributed by atoms with Gasteiger partial charge in [0, 0.05) is 26.5 Å². The van der Waals surface area contributed by atoms with Crippen molar-refractivity contribution in [1.29, 1.82) is 0 Å². The predicted octanol–water partition coefficient (Wildman–Crippen LogP) is 3.23. The van der Waals surface area contributed by atoms with E-state index in [1.165, 1.54) is 25.3 Å². The first-order valence-corrected chi connectivity index (χ1v) is 8.32. The summed E-state index contributed by atoms with van der Waals surface area (Å²) in [4.78, 5) is 21.3. The molecule has 7 nitrogen and oxygen atoms in total. The van der Waals surface area contributed by atoms with Crippen molar-refractivity contribution in [3.05, 3.63) is 36.2 Å². The number of halogens is 2. The minimum Gasteiger partial charge on any atom is -0.488 e. The molecule has 0 aliphatic heterocycles. The van der Waals surface area contributed by atoms with Crippen molar-refractivity contribution >= 4 is 23.2 Å². The largest absolute Gasteiger partial charge is 0.488 e. The second kappa shape index (κ2) is 8.72. The van der Waals surface area contributed by atoms with Crippen LogP contribution in [-0.4, -0.2) is 48.0 Å². The normalized spacial score (nSPS) is 11.4. The van der Waals surface area contributed by atoms with E-state index in [-0.39, 0.29) is 17.4 Å². The molecule has 0 aliphatic carbocycles. The highest BCUT2D eigenvalue weighted by Gasteiger charge is 2.26. The van der Waals surface area contributed by atoms with Gasteiger partial charge in [0.05, 0.1) is 11.9 Å². The van der Waals surface area contributed by atoms with E-state index in [1.54, 1.807) is 12.1 Å². The van der Waals surface area contributed by atoms with E-state index in [9.17, 15) is 13.6 Å². The number of carbonyl (C=O) groups is 1. The number of pyridine rings is 2. The lowest BCUT2D eigenvalue weighted by atomic mass is 10.2. The Labute approximate surface area is 156 Å². The number of carbonyl (C=O) groups excluding carboxylic acids is 1. The summed E-state index contributed by atoms with van der Waals surface area (Å²) in [7, 11) is 3.84. The second-order valence-corrected chi connectivity index (χ2v) is 6.32. The Balaban J connectivity index is 2.29. The van der Waals surface area contributed by atoms with Crippen molar-refractivity contribution in [3.63, 3.8) is 0 Å². The number of nitrogens with zero attached hydrogens (tertiary/aromatic N) is 3. The molecule has 2 aromatic heterocycles. The monoisotopic (exact) mass is 379 g/mol. The van der Waals surface area contributed by atoms with Crippen molar-refractivity contribution < 1.29 is 18.3 Å². The van der Waals surface area contributed by atoms with Crippen LogP contribution in [0.3, 0.4) is 0 Å². The number of hydrogen-bond acceptors (Lipinski definition) is 6. The summed E-state index contributed by atoms with van der Waals surface area (Å²) < 4.78 is 32.8. The number of anilines is 3. The van der Waals surface area contributed by atoms with Gasteiger partial charge in [0.1, 0.15) is 23.9 Å². The third-order valence-electron chi connectivity index (χ3n) is 3.43. The highest BCUT2D eigenvalue weighted by molar-refractivity contribution is 5.88. The van der Waals surface area contributed by atoms with Crippen LogP contribution in [0.1, 0.15) is 19.5 Å². The van der Waals surface area contributed by atoms with E-state index >= 15 is 0 Å². The van der Waals surface area contributed by atoms with Gasteiger partial charge >= 0.3 is 0 Å². The van der Waals surface area contributed by atoms with Crippen molar-refractivity contribution in [2.45, 2.75) is 19.8 Å². The van der Waals surface area contributed by atoms with Gasteiger partial charge in [-0.3, -0.25) is 4.79 Å². The Kier molecular flexibility index (Phi) is 6.62. The van der Waals surface area contributed by atoms with Crippen LogP contribution in [0.4, 0.5) is 26.1 Å². The van der Waals surface area contributed by atoms with Crippen LogP contribution in [0.5, 0.6) is 5.75 Å². The van der Waals surface area contributed by atoms with E-state index in [0.29, 0.717) is 30.4 Å². The van der Waals surface area contributed by atoms with Gasteiger partial charge in [-0.1, -0.05) is 6.07 Å². The molecule has 9 heteroatoms. The molecule has 2 aromatic rings. The molecule has 2 N–H and O–H groups in total. The molecule has 0 bridgehead atoms. The molecule has 0 saturated heterocycles. The molecule has 27 heavy (non-hydrogen) atoms. The first-order valence-electron chi connectivity index (χ1n) is 8.32. The zero-order valence-corrected chi connectivity index (χ0v) is 15.7. The van der Waals surface area contributed by atoms with Gasteiger partial charge in [0.15, 0.2) is 5.75 Å². The Bertz CT molecular complexity index is 794. The van der Waals surface area contributed by atoms with Gasteiger partial charge in [-0.25, -0.2) is 9.97 Å². The summed E-state index contributed by atoms with van der Waals surface area (Å²) >= 11 is 0. The number of hydrogen-bond donors (Lipinski definition) is 2. The smallest absolute Gasteiger partial charge is 0.287 e. The zero-order chi connectivity index (χ0) is 20.0. The van der Waals surface area contributed by atoms with Crippen LogP contribution in [0.2, 0.25) is 0 Å². The fourth-order valence-electron chi connectivity index (χ4n) is 2.13. The number of aromatic nitrogens is 2. The third kappa shape index (κ3) is 6.45. The Morgan fingerprint density at radius 3 is 2.67 bits per heavy atom. The standard InChI is InChI=1S/C18H23F2N5O2/c1-12(26)22-17-10-13(14(11-21-17)27-9-8-25(3)4)23-16-7-5-6-15(24-16)18(2,19)20/h5-7,10-11H,8-9H2,1-4H3,(H2,21,22,23,24,26). The lowest BCUT2D eigenvalue weighted by Gasteiger charge is -2.16. The number of likely N-dealkylation sites (N-methyl/N-ethyl adjacent to an activating group) is 1. The molecule has 2 rings (SSSR count). The fourth-order valence-corrected chi connectivity index (χ4v) is 2.13. The van der Waals surface area contributed by atoms with Crippen LogP contribution in [0, 0.1) is 0 Å². The van der Waals surface area contributed by atoms with E-state index in [4.69, 9.17) is 4.74 Å². The van der Waals surface area contributed by atoms with Gasteiger partial charge in [-0.05, 0) is 26.2 Å². The molecule has 0 unspecified atom stereocenters. The Morgan fingerprint density at radius 2 is 2.04 bits per heavy atom. The molecule has 0 aliphatic rings. The number of rotatable bonds is 8. The highest BCUT2D eigenvalue weighted by Crippen LogP contribution is 2.31. The van der Waals surface area contributed by atoms with Crippen molar-refractivity contribution in [2.24, 2.45) is 0 Å². The van der Waals surface area contributed by atoms with Crippen molar-refractivity contribution in [3.8, 4) is 5.75 Å². The maximum absolute atomic E-state index is 13.5. The summed E-state index contributed by atoms with van der Waals surface area (Å²) in [6.07, 6.45) is 1.46. The summed E-state index contributed by atoms with van der Waals surface area (Å²) in [6, 6.07) is 5.88. The van der Waals surface area contributed by atoms with E-state index in [0.717, 1.165) is 6.92 Å². The van der Waals surface area contributed by atoms with Gasteiger partial charge < -0.3 is 20.3 Å². The maximum atomic E-state index is 13.5. The van der Waals surface area contributed by atoms with E-state index in [2.05, 4.69) is 20.6 Å². The molecule has 0 saturated carbocycles. The summed E-state index contributed by atoms with van der Waals surface area (Å²) in [6.45, 7) is 3.24. The molecule has 1 amide bonds. The van der Waals surface area contributed by atoms with Crippen molar-refractivity contribution in [1.82, 2.24) is 14.9 Å². The number of ether oxygens (including phenoxy) is 1. The number of nitrogens with one attached hydrogen (secondary N) is 2. The predicted molar refractivity (Wildman–Crippen MR) is 99.7 cm³/mol. The lowest BCUT2D eigenvalue weighted by Crippen LogP contribution is -2.20. The molecular formula is C18H23F2N5O2. The van der Waals surface area contributed by atoms with Crippen LogP contribution < -0.4 is 15.4 Å². The average Bonchev–Trinajstić information content (AvgIpc) is 2.55. The van der Waals surface area contributed by atoms with Crippen LogP contribution in [0.25, 0.3) is 0 Å². The van der Waals surface area contributed by atoms with Gasteiger partial charge in [-0.2, -0.15) is 8.78 Å². The number of amides is 1. The SMILES string of the molecule is CC(=O)Nc1cc(Nc2cccc(C(C)(F)F)n2)c(OCCN(C)C)cn1. The van der Waals surface area contributed by atoms with Crippen LogP contribution in [0.15, 0.2) is 30.5 Å². The van der Waals surface area contributed by atoms with Gasteiger partial charge in [-0.15, -0.1) is 0 Å². The van der Waals surface area contributed by atoms with E-state index < -0.39 is 5.92 Å². The Morgan fingerprint density at radius 1 is 1.30 bits per heavy atom. The van der Waals surface area contributed by atoms with Gasteiger partial charge in [0.2, 0.25) is 5.91 Å². The first-order chi connectivity index (χ1) is 12.6. The fraction of sp³-hybridized carbons (Fsp3) is 0.389. The molecule has 0 atom stereocenters. The maximum Gasteiger partial charge on any atom is 0.287 e. The topological polar surface area (TPSA) is 79.4 Å². The molecule has 0 radical (unpaired) electrons. The van der Waals surface area contributed by atoms with Gasteiger partial charge in [0.25, 0.3) is 5.92 Å². The average molecular weight is 379 g/mol. The lowest BCUT2D eigenvalue weighted by molar-refractivity contribution is -0.114. The first kappa shape index (κ1) is 20.5. The molecule has 2 heterocycles. The quantitative estimate of drug-likeness (QED) is 0.733. The molecule has 146 valence electrons. The minimum absolute atomic E-state index is 0.228. The Hall–Kier alpha value is -2.81. The third-order valence-corrected chi connectivity index (χ3v) is 3.43. The highest BCUT2D eigenvalue weighted by atomic mass is 19.3. The van der Waals surface area contributed by atoms with E-state index in [1.807, 2.05) is 19.0 Å². The second-order valence-electron chi connectivity index (χ2n) is 6.32. The molecule has 0 spiro atoms. The molecule has 0 aromatic carbocycles. The molecule has 0 fully saturated rings. The summed E-state index contributed by atoms with van der Waals surface area (Å²) in [5, 5.41) is 5.54.